The first-order chi connectivity index (χ1) is 16.1. The Morgan fingerprint density at radius 2 is 1.91 bits per heavy atom. The summed E-state index contributed by atoms with van der Waals surface area (Å²) in [5, 5.41) is 13.6. The van der Waals surface area contributed by atoms with E-state index in [2.05, 4.69) is 15.5 Å². The van der Waals surface area contributed by atoms with E-state index in [1.807, 2.05) is 48.5 Å². The van der Waals surface area contributed by atoms with Gasteiger partial charge >= 0.3 is 0 Å². The maximum absolute atomic E-state index is 12.8. The minimum atomic E-state index is -0.455. The summed E-state index contributed by atoms with van der Waals surface area (Å²) < 4.78 is 5.06. The molecule has 0 fully saturated rings. The van der Waals surface area contributed by atoms with Gasteiger partial charge in [0.05, 0.1) is 24.7 Å². The van der Waals surface area contributed by atoms with E-state index in [0.29, 0.717) is 22.7 Å². The zero-order chi connectivity index (χ0) is 23.2. The van der Waals surface area contributed by atoms with Crippen molar-refractivity contribution in [1.82, 2.24) is 5.43 Å². The second-order valence-electron chi connectivity index (χ2n) is 7.25. The van der Waals surface area contributed by atoms with Gasteiger partial charge in [0.15, 0.2) is 11.5 Å². The number of para-hydroxylation sites is 1. The van der Waals surface area contributed by atoms with Crippen molar-refractivity contribution in [2.75, 3.05) is 25.1 Å². The number of fused-ring (bicyclic) bond motifs is 1. The van der Waals surface area contributed by atoms with Crippen molar-refractivity contribution >= 4 is 29.4 Å². The molecule has 166 valence electrons. The summed E-state index contributed by atoms with van der Waals surface area (Å²) in [7, 11) is 1.45. The van der Waals surface area contributed by atoms with Gasteiger partial charge in [-0.05, 0) is 29.8 Å². The Labute approximate surface area is 190 Å². The molecule has 1 heterocycles. The monoisotopic (exact) mass is 442 g/mol. The number of nitrogens with one attached hydrogen (secondary N) is 1. The van der Waals surface area contributed by atoms with Crippen molar-refractivity contribution in [3.63, 3.8) is 0 Å². The Hall–Kier alpha value is -4.46. The average molecular weight is 442 g/mol. The number of ether oxygens (including phenoxy) is 1. The maximum atomic E-state index is 12.8. The molecular formula is C25H22N4O4. The van der Waals surface area contributed by atoms with Crippen molar-refractivity contribution in [3.05, 3.63) is 89.5 Å². The van der Waals surface area contributed by atoms with E-state index in [1.165, 1.54) is 24.3 Å². The molecule has 0 radical (unpaired) electrons. The molecule has 3 aromatic carbocycles. The molecule has 0 aliphatic carbocycles. The number of benzene rings is 3. The fraction of sp³-hybridized carbons (Fsp3) is 0.120. The molecule has 2 N–H and O–H groups in total. The van der Waals surface area contributed by atoms with Crippen LogP contribution in [0.2, 0.25) is 0 Å². The van der Waals surface area contributed by atoms with Crippen molar-refractivity contribution in [1.29, 1.82) is 0 Å². The maximum Gasteiger partial charge on any atom is 0.260 e. The van der Waals surface area contributed by atoms with Crippen LogP contribution in [-0.4, -0.2) is 49.0 Å². The van der Waals surface area contributed by atoms with Gasteiger partial charge in [0.25, 0.3) is 5.91 Å². The molecule has 33 heavy (non-hydrogen) atoms. The lowest BCUT2D eigenvalue weighted by molar-refractivity contribution is -0.123. The number of aromatic hydroxyl groups is 1. The highest BCUT2D eigenvalue weighted by Crippen LogP contribution is 2.27. The van der Waals surface area contributed by atoms with Crippen LogP contribution in [0.3, 0.4) is 0 Å². The molecule has 0 saturated carbocycles. The van der Waals surface area contributed by atoms with Gasteiger partial charge in [-0.25, -0.2) is 5.43 Å². The number of hydrogen-bond donors (Lipinski definition) is 2. The summed E-state index contributed by atoms with van der Waals surface area (Å²) in [4.78, 5) is 31.4. The molecule has 8 nitrogen and oxygen atoms in total. The predicted octanol–water partition coefficient (Wildman–Crippen LogP) is 2.74. The molecule has 0 unspecified atom stereocenters. The number of carbonyl (C=O) groups is 2. The van der Waals surface area contributed by atoms with Gasteiger partial charge in [-0.15, -0.1) is 0 Å². The molecule has 0 aromatic heterocycles. The molecular weight excluding hydrogens is 420 g/mol. The number of carbonyl (C=O) groups excluding carboxylic acids is 2. The summed E-state index contributed by atoms with van der Waals surface area (Å²) in [6.07, 6.45) is 1.43. The third-order valence-electron chi connectivity index (χ3n) is 5.08. The van der Waals surface area contributed by atoms with Gasteiger partial charge in [-0.3, -0.25) is 14.6 Å². The fourth-order valence-electron chi connectivity index (χ4n) is 3.51. The van der Waals surface area contributed by atoms with Crippen LogP contribution in [0, 0.1) is 0 Å². The minimum absolute atomic E-state index is 0.00844. The van der Waals surface area contributed by atoms with E-state index < -0.39 is 5.91 Å². The highest BCUT2D eigenvalue weighted by atomic mass is 16.5. The average Bonchev–Trinajstić information content (AvgIpc) is 2.97. The highest BCUT2D eigenvalue weighted by molar-refractivity contribution is 6.20. The molecule has 3 aromatic rings. The van der Waals surface area contributed by atoms with E-state index in [4.69, 9.17) is 4.74 Å². The molecule has 0 saturated heterocycles. The van der Waals surface area contributed by atoms with E-state index >= 15 is 0 Å². The summed E-state index contributed by atoms with van der Waals surface area (Å²) >= 11 is 0. The molecule has 0 atom stereocenters. The summed E-state index contributed by atoms with van der Waals surface area (Å²) in [6.45, 7) is -0.271. The topological polar surface area (TPSA) is 104 Å². The highest BCUT2D eigenvalue weighted by Gasteiger charge is 2.26. The van der Waals surface area contributed by atoms with Gasteiger partial charge in [0.1, 0.15) is 13.1 Å². The predicted molar refractivity (Wildman–Crippen MR) is 126 cm³/mol. The minimum Gasteiger partial charge on any atom is -0.504 e. The van der Waals surface area contributed by atoms with Crippen LogP contribution in [-0.2, 0) is 9.59 Å². The summed E-state index contributed by atoms with van der Waals surface area (Å²) in [6, 6.07) is 21.7. The largest absolute Gasteiger partial charge is 0.504 e. The molecule has 1 aliphatic heterocycles. The number of benzodiazepines with no additional fused rings is 1. The van der Waals surface area contributed by atoms with E-state index in [0.717, 1.165) is 11.1 Å². The Kier molecular flexibility index (Phi) is 6.45. The number of rotatable bonds is 6. The van der Waals surface area contributed by atoms with Crippen LogP contribution in [0.25, 0.3) is 0 Å². The molecule has 2 amide bonds. The van der Waals surface area contributed by atoms with Gasteiger partial charge in [-0.1, -0.05) is 48.5 Å². The first kappa shape index (κ1) is 21.8. The molecule has 4 rings (SSSR count). The SMILES string of the molecule is COc1cc(/C=N/NC(=O)CN2C(=O)CN=C(c3ccccc3)c3ccccc32)ccc1O. The third kappa shape index (κ3) is 4.90. The molecule has 8 heteroatoms. The Bertz CT molecular complexity index is 1240. The Balaban J connectivity index is 1.51. The number of methoxy groups -OCH3 is 1. The zero-order valence-corrected chi connectivity index (χ0v) is 17.9. The number of aliphatic imine (C=N–C) groups is 1. The van der Waals surface area contributed by atoms with Crippen LogP contribution in [0.1, 0.15) is 16.7 Å². The number of hydrazone groups is 1. The first-order valence-electron chi connectivity index (χ1n) is 10.3. The van der Waals surface area contributed by atoms with Crippen LogP contribution in [0.5, 0.6) is 11.5 Å². The van der Waals surface area contributed by atoms with Crippen molar-refractivity contribution in [2.24, 2.45) is 10.1 Å². The van der Waals surface area contributed by atoms with Crippen LogP contribution < -0.4 is 15.1 Å². The lowest BCUT2D eigenvalue weighted by Crippen LogP contribution is -2.40. The van der Waals surface area contributed by atoms with Crippen molar-refractivity contribution in [2.45, 2.75) is 0 Å². The second-order valence-corrected chi connectivity index (χ2v) is 7.25. The Morgan fingerprint density at radius 3 is 2.70 bits per heavy atom. The van der Waals surface area contributed by atoms with E-state index in [9.17, 15) is 14.7 Å². The Morgan fingerprint density at radius 1 is 1.15 bits per heavy atom. The number of amides is 2. The van der Waals surface area contributed by atoms with Crippen LogP contribution in [0.4, 0.5) is 5.69 Å². The molecule has 0 spiro atoms. The zero-order valence-electron chi connectivity index (χ0n) is 17.9. The number of phenolic OH excluding ortho intramolecular Hbond substituents is 1. The van der Waals surface area contributed by atoms with E-state index in [1.54, 1.807) is 18.2 Å². The van der Waals surface area contributed by atoms with Crippen molar-refractivity contribution < 1.29 is 19.4 Å². The number of anilines is 1. The third-order valence-corrected chi connectivity index (χ3v) is 5.08. The molecule has 1 aliphatic rings. The fourth-order valence-corrected chi connectivity index (χ4v) is 3.51. The summed E-state index contributed by atoms with van der Waals surface area (Å²) in [5.74, 6) is -0.431. The number of phenols is 1. The normalized spacial score (nSPS) is 13.3. The standard InChI is InChI=1S/C25H22N4O4/c1-33-22-13-17(11-12-21(22)30)14-27-28-23(31)16-29-20-10-6-5-9-19(20)25(26-15-24(29)32)18-7-3-2-4-8-18/h2-14,30H,15-16H2,1H3,(H,28,31)/b27-14+. The quantitative estimate of drug-likeness (QED) is 0.453. The van der Waals surface area contributed by atoms with Gasteiger partial charge < -0.3 is 14.7 Å². The first-order valence-corrected chi connectivity index (χ1v) is 10.3. The summed E-state index contributed by atoms with van der Waals surface area (Å²) in [5.41, 5.74) is 6.07. The number of hydrogen-bond acceptors (Lipinski definition) is 6. The van der Waals surface area contributed by atoms with Gasteiger partial charge in [-0.2, -0.15) is 5.10 Å². The second kappa shape index (κ2) is 9.78. The lowest BCUT2D eigenvalue weighted by Gasteiger charge is -2.22. The van der Waals surface area contributed by atoms with E-state index in [-0.39, 0.29) is 24.7 Å². The smallest absolute Gasteiger partial charge is 0.260 e. The van der Waals surface area contributed by atoms with Crippen molar-refractivity contribution in [3.8, 4) is 11.5 Å². The van der Waals surface area contributed by atoms with Crippen LogP contribution in [0.15, 0.2) is 82.9 Å². The lowest BCUT2D eigenvalue weighted by atomic mass is 10.0. The number of nitrogens with zero attached hydrogens (tertiary/aromatic N) is 3. The molecule has 0 bridgehead atoms. The van der Waals surface area contributed by atoms with Crippen LogP contribution >= 0.6 is 0 Å². The van der Waals surface area contributed by atoms with Gasteiger partial charge in [0, 0.05) is 11.1 Å². The van der Waals surface area contributed by atoms with Gasteiger partial charge in [0.2, 0.25) is 5.91 Å².